The lowest BCUT2D eigenvalue weighted by atomic mass is 10.0. The third-order valence-electron chi connectivity index (χ3n) is 6.37. The van der Waals surface area contributed by atoms with Crippen molar-refractivity contribution in [1.82, 2.24) is 20.1 Å². The molecule has 1 aliphatic rings. The first-order chi connectivity index (χ1) is 19.6. The molecule has 2 heterocycles. The molecule has 1 saturated heterocycles. The molecule has 1 amide bonds. The molecule has 210 valence electrons. The highest BCUT2D eigenvalue weighted by Gasteiger charge is 2.32. The van der Waals surface area contributed by atoms with Gasteiger partial charge in [0.2, 0.25) is 5.91 Å². The molecule has 0 bridgehead atoms. The lowest BCUT2D eigenvalue weighted by molar-refractivity contribution is -0.137. The fourth-order valence-electron chi connectivity index (χ4n) is 4.26. The number of amidine groups is 1. The van der Waals surface area contributed by atoms with Crippen molar-refractivity contribution >= 4 is 45.9 Å². The summed E-state index contributed by atoms with van der Waals surface area (Å²) in [6.45, 7) is 4.59. The van der Waals surface area contributed by atoms with Gasteiger partial charge >= 0.3 is 6.18 Å². The number of aliphatic imine (C=N–C) groups is 1. The van der Waals surface area contributed by atoms with Crippen LogP contribution in [0.3, 0.4) is 0 Å². The van der Waals surface area contributed by atoms with E-state index in [0.29, 0.717) is 29.0 Å². The molecule has 12 heteroatoms. The number of nitrogens with zero attached hydrogens (tertiary/aromatic N) is 5. The normalized spacial score (nSPS) is 14.7. The number of anilines is 1. The number of nitrogens with one attached hydrogen (secondary N) is 1. The maximum absolute atomic E-state index is 12.8. The van der Waals surface area contributed by atoms with E-state index < -0.39 is 11.7 Å². The Morgan fingerprint density at radius 3 is 2.46 bits per heavy atom. The molecule has 3 aromatic carbocycles. The van der Waals surface area contributed by atoms with Gasteiger partial charge in [0, 0.05) is 12.1 Å². The molecule has 0 saturated carbocycles. The van der Waals surface area contributed by atoms with Gasteiger partial charge in [-0.15, -0.1) is 5.10 Å². The van der Waals surface area contributed by atoms with E-state index in [1.165, 1.54) is 34.9 Å². The Labute approximate surface area is 244 Å². The van der Waals surface area contributed by atoms with E-state index in [1.807, 2.05) is 48.5 Å². The van der Waals surface area contributed by atoms with Gasteiger partial charge < -0.3 is 5.32 Å². The molecule has 0 atom stereocenters. The number of para-hydroxylation sites is 1. The first kappa shape index (κ1) is 28.5. The van der Waals surface area contributed by atoms with Crippen molar-refractivity contribution in [2.45, 2.75) is 32.5 Å². The van der Waals surface area contributed by atoms with E-state index in [2.05, 4.69) is 34.2 Å². The third kappa shape index (κ3) is 6.49. The van der Waals surface area contributed by atoms with E-state index in [4.69, 9.17) is 12.2 Å². The Hall–Kier alpha value is -4.03. The van der Waals surface area contributed by atoms with Crippen molar-refractivity contribution < 1.29 is 18.0 Å². The van der Waals surface area contributed by atoms with Crippen LogP contribution in [-0.4, -0.2) is 36.7 Å². The second kappa shape index (κ2) is 11.8. The summed E-state index contributed by atoms with van der Waals surface area (Å²) in [7, 11) is 0. The molecule has 0 aliphatic carbocycles. The Balaban J connectivity index is 1.22. The number of hydrogen-bond acceptors (Lipinski definition) is 5. The van der Waals surface area contributed by atoms with Gasteiger partial charge in [-0.25, -0.2) is 9.67 Å². The fourth-order valence-corrected chi connectivity index (χ4v) is 5.34. The van der Waals surface area contributed by atoms with Gasteiger partial charge in [0.1, 0.15) is 6.33 Å². The summed E-state index contributed by atoms with van der Waals surface area (Å²) < 4.78 is 39.9. The van der Waals surface area contributed by atoms with Crippen LogP contribution >= 0.6 is 24.0 Å². The molecule has 41 heavy (non-hydrogen) atoms. The highest BCUT2D eigenvalue weighted by atomic mass is 32.2. The molecule has 0 unspecified atom stereocenters. The van der Waals surface area contributed by atoms with E-state index in [1.54, 1.807) is 4.90 Å². The smallest absolute Gasteiger partial charge is 0.357 e. The predicted octanol–water partition coefficient (Wildman–Crippen LogP) is 6.59. The number of thiocarbonyl (C=S) groups is 1. The average molecular weight is 595 g/mol. The largest absolute Gasteiger partial charge is 0.416 e. The average Bonchev–Trinajstić information content (AvgIpc) is 3.59. The summed E-state index contributed by atoms with van der Waals surface area (Å²) >= 11 is 6.82. The zero-order chi connectivity index (χ0) is 29.1. The highest BCUT2D eigenvalue weighted by Crippen LogP contribution is 2.33. The third-order valence-corrected chi connectivity index (χ3v) is 7.53. The van der Waals surface area contributed by atoms with Crippen molar-refractivity contribution in [2.24, 2.45) is 4.99 Å². The van der Waals surface area contributed by atoms with Gasteiger partial charge in [-0.1, -0.05) is 68.1 Å². The molecule has 5 rings (SSSR count). The highest BCUT2D eigenvalue weighted by molar-refractivity contribution is 8.15. The molecule has 1 fully saturated rings. The van der Waals surface area contributed by atoms with E-state index in [-0.39, 0.29) is 16.9 Å². The second-order valence-electron chi connectivity index (χ2n) is 9.54. The quantitative estimate of drug-likeness (QED) is 0.254. The Morgan fingerprint density at radius 2 is 1.78 bits per heavy atom. The van der Waals surface area contributed by atoms with Crippen molar-refractivity contribution in [3.63, 3.8) is 0 Å². The van der Waals surface area contributed by atoms with Crippen LogP contribution in [-0.2, 0) is 17.5 Å². The van der Waals surface area contributed by atoms with Crippen LogP contribution in [0.15, 0.2) is 84.1 Å². The summed E-state index contributed by atoms with van der Waals surface area (Å²) in [5, 5.41) is 8.34. The number of rotatable bonds is 6. The van der Waals surface area contributed by atoms with Crippen LogP contribution in [0.4, 0.5) is 18.9 Å². The molecule has 0 spiro atoms. The van der Waals surface area contributed by atoms with Crippen LogP contribution in [0.1, 0.15) is 36.5 Å². The molecule has 0 radical (unpaired) electrons. The van der Waals surface area contributed by atoms with Gasteiger partial charge in [0.15, 0.2) is 16.1 Å². The summed E-state index contributed by atoms with van der Waals surface area (Å²) in [5.41, 5.74) is 3.33. The van der Waals surface area contributed by atoms with Crippen molar-refractivity contribution in [3.05, 3.63) is 95.8 Å². The van der Waals surface area contributed by atoms with E-state index in [9.17, 15) is 18.0 Å². The molecule has 7 nitrogen and oxygen atoms in total. The van der Waals surface area contributed by atoms with Crippen LogP contribution < -0.4 is 10.2 Å². The molecular formula is C29H25F3N6OS2. The topological polar surface area (TPSA) is 75.4 Å². The number of amides is 1. The van der Waals surface area contributed by atoms with Crippen LogP contribution in [0.5, 0.6) is 0 Å². The number of carbonyl (C=O) groups is 1. The Kier molecular flexibility index (Phi) is 8.22. The molecule has 4 aromatic rings. The van der Waals surface area contributed by atoms with Crippen LogP contribution in [0.25, 0.3) is 17.1 Å². The summed E-state index contributed by atoms with van der Waals surface area (Å²) in [4.78, 5) is 23.2. The van der Waals surface area contributed by atoms with Crippen LogP contribution in [0, 0.1) is 0 Å². The van der Waals surface area contributed by atoms with Gasteiger partial charge in [-0.3, -0.25) is 9.69 Å². The minimum absolute atomic E-state index is 0.0328. The predicted molar refractivity (Wildman–Crippen MR) is 159 cm³/mol. The number of halogens is 3. The van der Waals surface area contributed by atoms with Crippen LogP contribution in [0.2, 0.25) is 0 Å². The Morgan fingerprint density at radius 1 is 1.07 bits per heavy atom. The lowest BCUT2D eigenvalue weighted by Crippen LogP contribution is -2.32. The second-order valence-corrected chi connectivity index (χ2v) is 10.9. The molecule has 1 aliphatic heterocycles. The standard InChI is InChI=1S/C29H25F3N6OS2/c1-18(2)23-5-3-4-6-24(23)38-25(39)16-41-28(38)35-27(40)33-15-19-7-9-20(10-8-19)26-34-17-37(36-26)22-13-11-21(12-14-22)29(30,31)32/h3-14,17-18H,15-16H2,1-2H3,(H,33,40). The number of hydrogen-bond donors (Lipinski definition) is 1. The van der Waals surface area contributed by atoms with Gasteiger partial charge in [0.25, 0.3) is 0 Å². The van der Waals surface area contributed by atoms with Crippen molar-refractivity contribution in [3.8, 4) is 17.1 Å². The zero-order valence-corrected chi connectivity index (χ0v) is 23.7. The SMILES string of the molecule is CC(C)c1ccccc1N1C(=O)CSC1=NC(=S)NCc1ccc(-c2ncn(-c3ccc(C(F)(F)F)cc3)n2)cc1. The van der Waals surface area contributed by atoms with Gasteiger partial charge in [-0.05, 0) is 59.6 Å². The number of benzene rings is 3. The lowest BCUT2D eigenvalue weighted by Gasteiger charge is -2.21. The monoisotopic (exact) mass is 594 g/mol. The maximum Gasteiger partial charge on any atom is 0.416 e. The molecular weight excluding hydrogens is 569 g/mol. The van der Waals surface area contributed by atoms with Crippen molar-refractivity contribution in [1.29, 1.82) is 0 Å². The number of thioether (sulfide) groups is 1. The maximum atomic E-state index is 12.8. The van der Waals surface area contributed by atoms with Crippen molar-refractivity contribution in [2.75, 3.05) is 10.7 Å². The summed E-state index contributed by atoms with van der Waals surface area (Å²) in [5.74, 6) is 0.955. The van der Waals surface area contributed by atoms with Gasteiger partial charge in [0.05, 0.1) is 22.7 Å². The Bertz CT molecular complexity index is 1600. The minimum atomic E-state index is -4.39. The fraction of sp³-hybridized carbons (Fsp3) is 0.207. The summed E-state index contributed by atoms with van der Waals surface area (Å²) in [6.07, 6.45) is -2.94. The minimum Gasteiger partial charge on any atom is -0.357 e. The number of aromatic nitrogens is 3. The first-order valence-electron chi connectivity index (χ1n) is 12.7. The van der Waals surface area contributed by atoms with E-state index in [0.717, 1.165) is 34.5 Å². The molecule has 1 aromatic heterocycles. The first-order valence-corrected chi connectivity index (χ1v) is 14.1. The van der Waals surface area contributed by atoms with Gasteiger partial charge in [-0.2, -0.15) is 18.2 Å². The summed E-state index contributed by atoms with van der Waals surface area (Å²) in [6, 6.07) is 20.0. The number of alkyl halides is 3. The number of carbonyl (C=O) groups excluding carboxylic acids is 1. The van der Waals surface area contributed by atoms with E-state index >= 15 is 0 Å². The molecule has 1 N–H and O–H groups in total. The zero-order valence-electron chi connectivity index (χ0n) is 22.1.